The van der Waals surface area contributed by atoms with Crippen LogP contribution in [0, 0.1) is 6.92 Å². The van der Waals surface area contributed by atoms with Gasteiger partial charge in [0.1, 0.15) is 23.8 Å². The Morgan fingerprint density at radius 2 is 1.63 bits per heavy atom. The normalized spacial score (nSPS) is 20.2. The zero-order valence-electron chi connectivity index (χ0n) is 16.4. The molecule has 0 aromatic carbocycles. The van der Waals surface area contributed by atoms with Crippen molar-refractivity contribution in [1.82, 2.24) is 19.9 Å². The summed E-state index contributed by atoms with van der Waals surface area (Å²) >= 11 is 0. The Balaban J connectivity index is 1.33. The van der Waals surface area contributed by atoms with Crippen LogP contribution in [0.3, 0.4) is 0 Å². The first-order valence-electron chi connectivity index (χ1n) is 10.4. The van der Waals surface area contributed by atoms with Crippen molar-refractivity contribution in [1.29, 1.82) is 0 Å². The van der Waals surface area contributed by atoms with Gasteiger partial charge in [-0.15, -0.1) is 0 Å². The summed E-state index contributed by atoms with van der Waals surface area (Å²) in [6, 6.07) is 2.20. The number of anilines is 2. The highest BCUT2D eigenvalue weighted by atomic mass is 15.3. The minimum absolute atomic E-state index is 0.594. The fourth-order valence-electron chi connectivity index (χ4n) is 4.09. The molecule has 0 N–H and O–H groups in total. The molecule has 2 aliphatic carbocycles. The Hall–Kier alpha value is -2.24. The third-order valence-electron chi connectivity index (χ3n) is 6.08. The van der Waals surface area contributed by atoms with E-state index in [4.69, 9.17) is 9.97 Å². The molecular formula is C21H28N6. The summed E-state index contributed by atoms with van der Waals surface area (Å²) in [5, 5.41) is 0. The molecule has 0 atom stereocenters. The number of rotatable bonds is 5. The van der Waals surface area contributed by atoms with E-state index in [2.05, 4.69) is 39.7 Å². The summed E-state index contributed by atoms with van der Waals surface area (Å²) in [5.41, 5.74) is 3.69. The van der Waals surface area contributed by atoms with Crippen molar-refractivity contribution in [2.45, 2.75) is 57.8 Å². The average Bonchev–Trinajstić information content (AvgIpc) is 3.59. The standard InChI is InChI=1S/C21H28N6/c1-3-17-14(2)24-20(16-6-7-16)25-21(17)27-10-8-26(9-11-27)19-12-18(15-4-5-15)22-13-23-19/h12-13,15-16H,3-11H2,1-2H3. The molecule has 3 heterocycles. The molecule has 2 saturated carbocycles. The average molecular weight is 364 g/mol. The van der Waals surface area contributed by atoms with Gasteiger partial charge in [0.05, 0.1) is 0 Å². The first-order valence-corrected chi connectivity index (χ1v) is 10.4. The van der Waals surface area contributed by atoms with Crippen LogP contribution in [-0.4, -0.2) is 46.1 Å². The van der Waals surface area contributed by atoms with E-state index in [0.717, 1.165) is 49.9 Å². The predicted molar refractivity (Wildman–Crippen MR) is 107 cm³/mol. The maximum atomic E-state index is 5.00. The molecule has 0 bridgehead atoms. The topological polar surface area (TPSA) is 58.0 Å². The fourth-order valence-corrected chi connectivity index (χ4v) is 4.09. The molecule has 5 rings (SSSR count). The van der Waals surface area contributed by atoms with Crippen LogP contribution in [0.5, 0.6) is 0 Å². The number of aromatic nitrogens is 4. The quantitative estimate of drug-likeness (QED) is 0.812. The van der Waals surface area contributed by atoms with E-state index in [1.54, 1.807) is 6.33 Å². The third kappa shape index (κ3) is 3.37. The second kappa shape index (κ2) is 6.73. The van der Waals surface area contributed by atoms with Gasteiger partial charge in [0.15, 0.2) is 0 Å². The van der Waals surface area contributed by atoms with Crippen molar-refractivity contribution in [2.24, 2.45) is 0 Å². The number of hydrogen-bond acceptors (Lipinski definition) is 6. The number of aryl methyl sites for hydroxylation is 1. The van der Waals surface area contributed by atoms with E-state index < -0.39 is 0 Å². The molecule has 0 radical (unpaired) electrons. The molecule has 3 fully saturated rings. The molecule has 0 spiro atoms. The van der Waals surface area contributed by atoms with Gasteiger partial charge in [-0.05, 0) is 39.0 Å². The summed E-state index contributed by atoms with van der Waals surface area (Å²) in [6.45, 7) is 8.28. The first kappa shape index (κ1) is 16.9. The van der Waals surface area contributed by atoms with Crippen molar-refractivity contribution < 1.29 is 0 Å². The van der Waals surface area contributed by atoms with E-state index in [-0.39, 0.29) is 0 Å². The molecule has 0 unspecified atom stereocenters. The van der Waals surface area contributed by atoms with Crippen LogP contribution in [0.2, 0.25) is 0 Å². The van der Waals surface area contributed by atoms with Crippen LogP contribution in [0.15, 0.2) is 12.4 Å². The van der Waals surface area contributed by atoms with Crippen molar-refractivity contribution in [3.8, 4) is 0 Å². The molecule has 1 saturated heterocycles. The summed E-state index contributed by atoms with van der Waals surface area (Å²) in [6.07, 6.45) is 7.77. The Morgan fingerprint density at radius 3 is 2.30 bits per heavy atom. The van der Waals surface area contributed by atoms with E-state index in [9.17, 15) is 0 Å². The molecule has 1 aliphatic heterocycles. The molecule has 2 aromatic heterocycles. The van der Waals surface area contributed by atoms with Crippen molar-refractivity contribution in [3.05, 3.63) is 35.2 Å². The highest BCUT2D eigenvalue weighted by Crippen LogP contribution is 2.40. The first-order chi connectivity index (χ1) is 13.2. The Morgan fingerprint density at radius 1 is 0.926 bits per heavy atom. The minimum Gasteiger partial charge on any atom is -0.353 e. The maximum absolute atomic E-state index is 5.00. The number of piperazine rings is 1. The highest BCUT2D eigenvalue weighted by molar-refractivity contribution is 5.52. The van der Waals surface area contributed by atoms with E-state index >= 15 is 0 Å². The Bertz CT molecular complexity index is 835. The van der Waals surface area contributed by atoms with E-state index in [1.807, 2.05) is 0 Å². The van der Waals surface area contributed by atoms with Crippen molar-refractivity contribution >= 4 is 11.6 Å². The molecule has 27 heavy (non-hydrogen) atoms. The van der Waals surface area contributed by atoms with Gasteiger partial charge in [0.25, 0.3) is 0 Å². The molecule has 142 valence electrons. The van der Waals surface area contributed by atoms with Crippen molar-refractivity contribution in [3.63, 3.8) is 0 Å². The van der Waals surface area contributed by atoms with Gasteiger partial charge in [-0.2, -0.15) is 0 Å². The van der Waals surface area contributed by atoms with Gasteiger partial charge in [0.2, 0.25) is 0 Å². The predicted octanol–water partition coefficient (Wildman–Crippen LogP) is 3.22. The minimum atomic E-state index is 0.594. The van der Waals surface area contributed by atoms with Crippen LogP contribution in [0.25, 0.3) is 0 Å². The van der Waals surface area contributed by atoms with Gasteiger partial charge in [-0.25, -0.2) is 19.9 Å². The second-order valence-electron chi connectivity index (χ2n) is 8.15. The summed E-state index contributed by atoms with van der Waals surface area (Å²) in [5.74, 6) is 4.58. The maximum Gasteiger partial charge on any atom is 0.135 e. The second-order valence-corrected chi connectivity index (χ2v) is 8.15. The summed E-state index contributed by atoms with van der Waals surface area (Å²) < 4.78 is 0. The Labute approximate surface area is 161 Å². The zero-order chi connectivity index (χ0) is 18.4. The lowest BCUT2D eigenvalue weighted by molar-refractivity contribution is 0.633. The van der Waals surface area contributed by atoms with Gasteiger partial charge in [0, 0.05) is 61.0 Å². The highest BCUT2D eigenvalue weighted by Gasteiger charge is 2.30. The van der Waals surface area contributed by atoms with E-state index in [0.29, 0.717) is 11.8 Å². The van der Waals surface area contributed by atoms with Crippen LogP contribution >= 0.6 is 0 Å². The monoisotopic (exact) mass is 364 g/mol. The molecule has 3 aliphatic rings. The van der Waals surface area contributed by atoms with Crippen molar-refractivity contribution in [2.75, 3.05) is 36.0 Å². The molecule has 0 amide bonds. The molecule has 2 aromatic rings. The summed E-state index contributed by atoms with van der Waals surface area (Å²) in [7, 11) is 0. The lowest BCUT2D eigenvalue weighted by Gasteiger charge is -2.37. The summed E-state index contributed by atoms with van der Waals surface area (Å²) in [4.78, 5) is 23.6. The van der Waals surface area contributed by atoms with Crippen LogP contribution in [0.4, 0.5) is 11.6 Å². The number of nitrogens with zero attached hydrogens (tertiary/aromatic N) is 6. The lowest BCUT2D eigenvalue weighted by Crippen LogP contribution is -2.47. The van der Waals surface area contributed by atoms with Gasteiger partial charge < -0.3 is 9.80 Å². The SMILES string of the molecule is CCc1c(C)nc(C2CC2)nc1N1CCN(c2cc(C3CC3)ncn2)CC1. The van der Waals surface area contributed by atoms with Crippen LogP contribution in [0.1, 0.15) is 67.2 Å². The molecule has 6 nitrogen and oxygen atoms in total. The molecule has 6 heteroatoms. The smallest absolute Gasteiger partial charge is 0.135 e. The molecular weight excluding hydrogens is 336 g/mol. The van der Waals surface area contributed by atoms with E-state index in [1.165, 1.54) is 42.8 Å². The van der Waals surface area contributed by atoms with Crippen LogP contribution in [-0.2, 0) is 6.42 Å². The fraction of sp³-hybridized carbons (Fsp3) is 0.619. The van der Waals surface area contributed by atoms with Gasteiger partial charge in [-0.3, -0.25) is 0 Å². The Kier molecular flexibility index (Phi) is 4.21. The largest absolute Gasteiger partial charge is 0.353 e. The zero-order valence-corrected chi connectivity index (χ0v) is 16.4. The van der Waals surface area contributed by atoms with Gasteiger partial charge in [-0.1, -0.05) is 6.92 Å². The number of hydrogen-bond donors (Lipinski definition) is 0. The van der Waals surface area contributed by atoms with Crippen LogP contribution < -0.4 is 9.80 Å². The lowest BCUT2D eigenvalue weighted by atomic mass is 10.1. The van der Waals surface area contributed by atoms with Gasteiger partial charge >= 0.3 is 0 Å². The third-order valence-corrected chi connectivity index (χ3v) is 6.08.